The van der Waals surface area contributed by atoms with Crippen LogP contribution in [0.4, 0.5) is 23.0 Å². The average Bonchev–Trinajstić information content (AvgIpc) is 2.91. The number of amides is 2. The van der Waals surface area contributed by atoms with Crippen molar-refractivity contribution in [1.29, 1.82) is 0 Å². The van der Waals surface area contributed by atoms with Gasteiger partial charge in [-0.05, 0) is 18.2 Å². The third-order valence-electron chi connectivity index (χ3n) is 5.40. The van der Waals surface area contributed by atoms with Gasteiger partial charge in [0.25, 0.3) is 0 Å². The van der Waals surface area contributed by atoms with Crippen molar-refractivity contribution >= 4 is 34.8 Å². The van der Waals surface area contributed by atoms with Crippen molar-refractivity contribution in [1.82, 2.24) is 14.9 Å². The van der Waals surface area contributed by atoms with Crippen LogP contribution >= 0.6 is 0 Å². The van der Waals surface area contributed by atoms with E-state index >= 15 is 0 Å². The zero-order valence-corrected chi connectivity index (χ0v) is 24.1. The average molecular weight is 670 g/mol. The summed E-state index contributed by atoms with van der Waals surface area (Å²) in [7, 11) is 1.64. The molecular weight excluding hydrogens is 640 g/mol. The van der Waals surface area contributed by atoms with Gasteiger partial charge in [0.2, 0.25) is 11.8 Å². The molecule has 0 radical (unpaired) electrons. The van der Waals surface area contributed by atoms with Crippen LogP contribution < -0.4 is 20.3 Å². The molecule has 1 aliphatic heterocycles. The summed E-state index contributed by atoms with van der Waals surface area (Å²) < 4.78 is 5.51. The summed E-state index contributed by atoms with van der Waals surface area (Å²) in [5.41, 5.74) is 3.49. The van der Waals surface area contributed by atoms with Crippen molar-refractivity contribution in [3.63, 3.8) is 0 Å². The van der Waals surface area contributed by atoms with Gasteiger partial charge in [-0.15, -0.1) is 11.6 Å². The number of hydrogen-bond acceptors (Lipinski definition) is 7. The Bertz CT molecular complexity index is 1170. The van der Waals surface area contributed by atoms with E-state index in [1.807, 2.05) is 30.0 Å². The molecule has 37 heavy (non-hydrogen) atoms. The molecule has 0 aliphatic carbocycles. The minimum absolute atomic E-state index is 0. The zero-order chi connectivity index (χ0) is 25.9. The number of benzene rings is 2. The van der Waals surface area contributed by atoms with Gasteiger partial charge in [0.1, 0.15) is 11.7 Å². The first-order valence-corrected chi connectivity index (χ1v) is 11.5. The number of carbonyl (C=O) groups is 2. The van der Waals surface area contributed by atoms with Gasteiger partial charge < -0.3 is 35.1 Å². The smallest absolute Gasteiger partial charge is 0.495 e. The largest absolute Gasteiger partial charge is 2.00 e. The summed E-state index contributed by atoms with van der Waals surface area (Å²) in [5, 5.41) is 5.76. The van der Waals surface area contributed by atoms with Crippen molar-refractivity contribution in [2.45, 2.75) is 13.8 Å². The van der Waals surface area contributed by atoms with Crippen molar-refractivity contribution in [3.05, 3.63) is 79.1 Å². The van der Waals surface area contributed by atoms with Crippen molar-refractivity contribution in [2.75, 3.05) is 48.8 Å². The van der Waals surface area contributed by atoms with E-state index in [0.29, 0.717) is 5.95 Å². The molecule has 9 nitrogen and oxygen atoms in total. The van der Waals surface area contributed by atoms with Crippen LogP contribution in [0.3, 0.4) is 0 Å². The van der Waals surface area contributed by atoms with Gasteiger partial charge in [-0.3, -0.25) is 9.59 Å². The Morgan fingerprint density at radius 2 is 1.95 bits per heavy atom. The normalized spacial score (nSPS) is 12.3. The molecule has 192 valence electrons. The van der Waals surface area contributed by atoms with E-state index in [9.17, 15) is 9.59 Å². The Hall–Kier alpha value is -3.71. The fraction of sp³-hybridized carbons (Fsp3) is 0.259. The first-order valence-electron chi connectivity index (χ1n) is 11.5. The number of nitrogens with zero attached hydrogens (tertiary/aromatic N) is 4. The van der Waals surface area contributed by atoms with Crippen LogP contribution in [0.1, 0.15) is 12.5 Å². The van der Waals surface area contributed by atoms with E-state index in [0.717, 1.165) is 54.6 Å². The minimum atomic E-state index is -0.204. The van der Waals surface area contributed by atoms with Gasteiger partial charge in [0.15, 0.2) is 0 Å². The number of aromatic nitrogens is 2. The summed E-state index contributed by atoms with van der Waals surface area (Å²) in [5.74, 6) is 1.12. The number of ether oxygens (including phenoxy) is 1. The van der Waals surface area contributed by atoms with E-state index in [2.05, 4.69) is 44.3 Å². The van der Waals surface area contributed by atoms with Gasteiger partial charge in [0, 0.05) is 44.9 Å². The molecule has 2 amide bonds. The molecule has 0 atom stereocenters. The molecule has 2 heterocycles. The Morgan fingerprint density at radius 3 is 2.51 bits per heavy atom. The number of anilines is 4. The van der Waals surface area contributed by atoms with Crippen molar-refractivity contribution in [2.24, 2.45) is 0 Å². The van der Waals surface area contributed by atoms with E-state index in [-0.39, 0.29) is 32.9 Å². The van der Waals surface area contributed by atoms with Crippen LogP contribution in [0.2, 0.25) is 0 Å². The zero-order valence-electron chi connectivity index (χ0n) is 21.2. The molecule has 0 bridgehead atoms. The number of aryl methyl sites for hydroxylation is 1. The third-order valence-corrected chi connectivity index (χ3v) is 5.40. The van der Waals surface area contributed by atoms with Gasteiger partial charge in [-0.25, -0.2) is 0 Å². The summed E-state index contributed by atoms with van der Waals surface area (Å²) in [6.07, 6.45) is 5.82. The monoisotopic (exact) mass is 670 g/mol. The molecule has 10 heteroatoms. The first-order chi connectivity index (χ1) is 17.4. The predicted molar refractivity (Wildman–Crippen MR) is 140 cm³/mol. The second kappa shape index (κ2) is 14.8. The summed E-state index contributed by atoms with van der Waals surface area (Å²) in [4.78, 5) is 34.7. The maximum absolute atomic E-state index is 11.4. The number of methoxy groups -OCH3 is 1. The molecule has 4 rings (SSSR count). The first kappa shape index (κ1) is 29.5. The fourth-order valence-electron chi connectivity index (χ4n) is 3.46. The van der Waals surface area contributed by atoms with Crippen LogP contribution in [0.25, 0.3) is 0 Å². The second-order valence-electron chi connectivity index (χ2n) is 7.98. The van der Waals surface area contributed by atoms with E-state index < -0.39 is 0 Å². The van der Waals surface area contributed by atoms with Gasteiger partial charge >= 0.3 is 21.1 Å². The van der Waals surface area contributed by atoms with Crippen LogP contribution in [-0.2, 0) is 30.7 Å². The number of rotatable bonds is 6. The molecular formula is C27H30N6O3W. The standard InChI is InChI=1S/C18H22N5O2.C9H8NO.W/c1-13-11-19-18(20-12-13)21-16-5-4-15(10-17(16)25-3)23-8-6-22(7-9-23)14(2)24;1-2-9(11)10-8-6-4-3-5-7-8;/h4-5,10-11H,6-9H2,1-3H3,(H,19,20,21);2-4,6-7H,1H2,(H,10,11);/q2*-1;+2. The predicted octanol–water partition coefficient (Wildman–Crippen LogP) is 3.61. The van der Waals surface area contributed by atoms with Crippen LogP contribution in [0, 0.1) is 19.2 Å². The maximum Gasteiger partial charge on any atom is 2.00 e. The number of piperazine rings is 1. The summed E-state index contributed by atoms with van der Waals surface area (Å²) in [6, 6.07) is 15.9. The van der Waals surface area contributed by atoms with Gasteiger partial charge in [-0.2, -0.15) is 24.3 Å². The number of hydrogen-bond donors (Lipinski definition) is 2. The van der Waals surface area contributed by atoms with Crippen molar-refractivity contribution in [3.8, 4) is 5.75 Å². The Kier molecular flexibility index (Phi) is 11.8. The topological polar surface area (TPSA) is 99.7 Å². The maximum atomic E-state index is 11.4. The molecule has 1 aliphatic rings. The van der Waals surface area contributed by atoms with Crippen LogP contribution in [0.5, 0.6) is 5.75 Å². The van der Waals surface area contributed by atoms with Crippen LogP contribution in [-0.4, -0.2) is 60.0 Å². The van der Waals surface area contributed by atoms with E-state index in [1.54, 1.807) is 44.5 Å². The fourth-order valence-corrected chi connectivity index (χ4v) is 3.46. The molecule has 2 N–H and O–H groups in total. The summed E-state index contributed by atoms with van der Waals surface area (Å²) in [6.45, 7) is 9.95. The molecule has 3 aromatic rings. The van der Waals surface area contributed by atoms with E-state index in [4.69, 9.17) is 4.74 Å². The molecule has 0 unspecified atom stereocenters. The number of carbonyl (C=O) groups excluding carboxylic acids is 2. The second-order valence-corrected chi connectivity index (χ2v) is 7.98. The summed E-state index contributed by atoms with van der Waals surface area (Å²) >= 11 is 0. The molecule has 0 spiro atoms. The molecule has 1 saturated heterocycles. The van der Waals surface area contributed by atoms with Gasteiger partial charge in [0.05, 0.1) is 12.8 Å². The SMILES string of the molecule is C=CC(=O)Nc1c[c-]ccc1.COc1cc(N2CCN(C(C)=O)CC2)ccc1Nc1n[c-]c(C)cn1.[W+2]. The Balaban J connectivity index is 0.000000339. The van der Waals surface area contributed by atoms with Crippen LogP contribution in [0.15, 0.2) is 61.3 Å². The van der Waals surface area contributed by atoms with Crippen molar-refractivity contribution < 1.29 is 35.4 Å². The molecule has 1 aromatic heterocycles. The Labute approximate surface area is 232 Å². The molecule has 0 saturated carbocycles. The minimum Gasteiger partial charge on any atom is -0.495 e. The molecule has 1 fully saturated rings. The third kappa shape index (κ3) is 9.03. The van der Waals surface area contributed by atoms with Gasteiger partial charge in [-0.1, -0.05) is 31.6 Å². The molecule has 2 aromatic carbocycles. The Morgan fingerprint density at radius 1 is 1.19 bits per heavy atom. The number of nitrogens with one attached hydrogen (secondary N) is 2. The van der Waals surface area contributed by atoms with E-state index in [1.165, 1.54) is 6.08 Å². The quantitative estimate of drug-likeness (QED) is 0.306.